The van der Waals surface area contributed by atoms with Crippen LogP contribution in [0.15, 0.2) is 51.7 Å². The van der Waals surface area contributed by atoms with Crippen molar-refractivity contribution in [2.24, 2.45) is 0 Å². The second-order valence-corrected chi connectivity index (χ2v) is 6.15. The predicted octanol–water partition coefficient (Wildman–Crippen LogP) is 5.03. The molecule has 0 radical (unpaired) electrons. The molecule has 0 saturated heterocycles. The van der Waals surface area contributed by atoms with Gasteiger partial charge in [-0.3, -0.25) is 4.79 Å². The smallest absolute Gasteiger partial charge is 0.193 e. The van der Waals surface area contributed by atoms with Gasteiger partial charge in [0.15, 0.2) is 11.0 Å². The zero-order chi connectivity index (χ0) is 14.3. The van der Waals surface area contributed by atoms with Crippen LogP contribution in [0.1, 0.15) is 5.56 Å². The Morgan fingerprint density at radius 1 is 1.15 bits per heavy atom. The summed E-state index contributed by atoms with van der Waals surface area (Å²) in [5.74, 6) is 0.495. The molecule has 0 aliphatic heterocycles. The number of benzene rings is 2. The van der Waals surface area contributed by atoms with E-state index in [1.54, 1.807) is 6.07 Å². The van der Waals surface area contributed by atoms with Crippen LogP contribution in [-0.2, 0) is 0 Å². The van der Waals surface area contributed by atoms with Crippen molar-refractivity contribution in [3.8, 4) is 11.3 Å². The number of hydrogen-bond acceptors (Lipinski definition) is 2. The molecule has 0 atom stereocenters. The lowest BCUT2D eigenvalue weighted by atomic mass is 10.1. The molecule has 0 aliphatic rings. The van der Waals surface area contributed by atoms with E-state index in [4.69, 9.17) is 16.0 Å². The summed E-state index contributed by atoms with van der Waals surface area (Å²) < 4.78 is 6.82. The van der Waals surface area contributed by atoms with Gasteiger partial charge in [-0.25, -0.2) is 0 Å². The molecule has 100 valence electrons. The van der Waals surface area contributed by atoms with Crippen molar-refractivity contribution in [2.75, 3.05) is 0 Å². The minimum Gasteiger partial charge on any atom is -0.455 e. The molecule has 0 unspecified atom stereocenters. The van der Waals surface area contributed by atoms with Crippen molar-refractivity contribution in [1.29, 1.82) is 0 Å². The van der Waals surface area contributed by atoms with Crippen LogP contribution in [0.5, 0.6) is 0 Å². The number of aryl methyl sites for hydroxylation is 1. The fourth-order valence-corrected chi connectivity index (χ4v) is 3.27. The molecule has 0 aliphatic carbocycles. The molecule has 0 saturated carbocycles. The van der Waals surface area contributed by atoms with Crippen LogP contribution >= 0.6 is 34.2 Å². The van der Waals surface area contributed by atoms with Crippen LogP contribution in [0, 0.1) is 10.5 Å². The molecule has 0 fully saturated rings. The lowest BCUT2D eigenvalue weighted by Crippen LogP contribution is -2.02. The zero-order valence-electron chi connectivity index (χ0n) is 10.6. The average molecular weight is 397 g/mol. The summed E-state index contributed by atoms with van der Waals surface area (Å²) in [6.07, 6.45) is 0. The topological polar surface area (TPSA) is 30.2 Å². The first-order valence-electron chi connectivity index (χ1n) is 6.05. The molecule has 0 spiro atoms. The third kappa shape index (κ3) is 2.36. The van der Waals surface area contributed by atoms with Crippen LogP contribution in [0.4, 0.5) is 0 Å². The fraction of sp³-hybridized carbons (Fsp3) is 0.0625. The highest BCUT2D eigenvalue weighted by atomic mass is 127. The molecule has 4 heteroatoms. The number of rotatable bonds is 1. The number of halogens is 2. The maximum Gasteiger partial charge on any atom is 0.193 e. The Kier molecular flexibility index (Phi) is 3.56. The van der Waals surface area contributed by atoms with Gasteiger partial charge in [-0.15, -0.1) is 0 Å². The van der Waals surface area contributed by atoms with Crippen molar-refractivity contribution < 1.29 is 4.42 Å². The molecule has 0 amide bonds. The maximum atomic E-state index is 12.3. The van der Waals surface area contributed by atoms with Crippen molar-refractivity contribution in [1.82, 2.24) is 0 Å². The summed E-state index contributed by atoms with van der Waals surface area (Å²) >= 11 is 8.34. The van der Waals surface area contributed by atoms with Crippen molar-refractivity contribution in [3.63, 3.8) is 0 Å². The standard InChI is InChI=1S/C16H10ClIO2/c1-9-6-11-14(19)8-15(20-16(11)13(18)7-9)10-4-2-3-5-12(10)17/h2-8H,1H3. The lowest BCUT2D eigenvalue weighted by molar-refractivity contribution is 0.616. The van der Waals surface area contributed by atoms with Crippen LogP contribution in [0.2, 0.25) is 5.02 Å². The quantitative estimate of drug-likeness (QED) is 0.540. The first-order valence-corrected chi connectivity index (χ1v) is 7.51. The normalized spacial score (nSPS) is 10.9. The van der Waals surface area contributed by atoms with E-state index in [9.17, 15) is 4.79 Å². The molecule has 1 heterocycles. The Hall–Kier alpha value is -1.33. The summed E-state index contributed by atoms with van der Waals surface area (Å²) in [7, 11) is 0. The molecular weight excluding hydrogens is 387 g/mol. The largest absolute Gasteiger partial charge is 0.455 e. The van der Waals surface area contributed by atoms with E-state index in [-0.39, 0.29) is 5.43 Å². The van der Waals surface area contributed by atoms with Gasteiger partial charge in [-0.1, -0.05) is 23.7 Å². The van der Waals surface area contributed by atoms with E-state index in [2.05, 4.69) is 22.6 Å². The highest BCUT2D eigenvalue weighted by Crippen LogP contribution is 2.30. The summed E-state index contributed by atoms with van der Waals surface area (Å²) in [5, 5.41) is 1.17. The Balaban J connectivity index is 2.36. The van der Waals surface area contributed by atoms with Crippen molar-refractivity contribution >= 4 is 45.2 Å². The molecule has 0 bridgehead atoms. The van der Waals surface area contributed by atoms with Crippen molar-refractivity contribution in [2.45, 2.75) is 6.92 Å². The van der Waals surface area contributed by atoms with E-state index in [0.29, 0.717) is 21.8 Å². The van der Waals surface area contributed by atoms with Crippen LogP contribution < -0.4 is 5.43 Å². The minimum atomic E-state index is -0.0530. The Bertz CT molecular complexity index is 868. The molecule has 0 N–H and O–H groups in total. The Morgan fingerprint density at radius 3 is 2.65 bits per heavy atom. The first kappa shape index (κ1) is 13.6. The zero-order valence-corrected chi connectivity index (χ0v) is 13.5. The van der Waals surface area contributed by atoms with Crippen LogP contribution in [-0.4, -0.2) is 0 Å². The van der Waals surface area contributed by atoms with Gasteiger partial charge in [0.1, 0.15) is 5.76 Å². The second-order valence-electron chi connectivity index (χ2n) is 4.58. The van der Waals surface area contributed by atoms with Gasteiger partial charge in [0.2, 0.25) is 0 Å². The predicted molar refractivity (Wildman–Crippen MR) is 90.4 cm³/mol. The SMILES string of the molecule is Cc1cc(I)c2oc(-c3ccccc3Cl)cc(=O)c2c1. The van der Waals surface area contributed by atoms with E-state index < -0.39 is 0 Å². The molecule has 3 rings (SSSR count). The van der Waals surface area contributed by atoms with Gasteiger partial charge in [-0.2, -0.15) is 0 Å². The molecule has 1 aromatic heterocycles. The highest BCUT2D eigenvalue weighted by molar-refractivity contribution is 14.1. The summed E-state index contributed by atoms with van der Waals surface area (Å²) in [4.78, 5) is 12.3. The van der Waals surface area contributed by atoms with E-state index in [1.807, 2.05) is 37.3 Å². The van der Waals surface area contributed by atoms with E-state index in [0.717, 1.165) is 14.7 Å². The third-order valence-corrected chi connectivity index (χ3v) is 4.20. The first-order chi connectivity index (χ1) is 9.56. The molecule has 2 aromatic carbocycles. The van der Waals surface area contributed by atoms with Gasteiger partial charge in [0, 0.05) is 11.6 Å². The molecule has 3 aromatic rings. The molecule has 2 nitrogen and oxygen atoms in total. The molecular formula is C16H10ClIO2. The van der Waals surface area contributed by atoms with Gasteiger partial charge in [0.25, 0.3) is 0 Å². The van der Waals surface area contributed by atoms with E-state index >= 15 is 0 Å². The fourth-order valence-electron chi connectivity index (χ4n) is 2.15. The minimum absolute atomic E-state index is 0.0530. The van der Waals surface area contributed by atoms with Gasteiger partial charge in [-0.05, 0) is 59.3 Å². The monoisotopic (exact) mass is 396 g/mol. The third-order valence-electron chi connectivity index (χ3n) is 3.07. The van der Waals surface area contributed by atoms with Gasteiger partial charge < -0.3 is 4.42 Å². The highest BCUT2D eigenvalue weighted by Gasteiger charge is 2.12. The van der Waals surface area contributed by atoms with Crippen molar-refractivity contribution in [3.05, 3.63) is 66.8 Å². The molecule has 20 heavy (non-hydrogen) atoms. The average Bonchev–Trinajstić information content (AvgIpc) is 2.40. The Morgan fingerprint density at radius 2 is 1.90 bits per heavy atom. The summed E-state index contributed by atoms with van der Waals surface area (Å²) in [6.45, 7) is 1.96. The summed E-state index contributed by atoms with van der Waals surface area (Å²) in [5.41, 5.74) is 2.32. The van der Waals surface area contributed by atoms with Gasteiger partial charge >= 0.3 is 0 Å². The number of fused-ring (bicyclic) bond motifs is 1. The maximum absolute atomic E-state index is 12.3. The Labute approximate surface area is 134 Å². The van der Waals surface area contributed by atoms with Gasteiger partial charge in [0.05, 0.1) is 14.0 Å². The second kappa shape index (κ2) is 5.22. The van der Waals surface area contributed by atoms with E-state index in [1.165, 1.54) is 6.07 Å². The summed E-state index contributed by atoms with van der Waals surface area (Å²) in [6, 6.07) is 12.7. The van der Waals surface area contributed by atoms with Crippen LogP contribution in [0.3, 0.4) is 0 Å². The van der Waals surface area contributed by atoms with Crippen LogP contribution in [0.25, 0.3) is 22.3 Å². The number of hydrogen-bond donors (Lipinski definition) is 0. The lowest BCUT2D eigenvalue weighted by Gasteiger charge is -2.07.